The summed E-state index contributed by atoms with van der Waals surface area (Å²) in [6.07, 6.45) is 1.91. The van der Waals surface area contributed by atoms with Crippen molar-refractivity contribution in [3.8, 4) is 17.0 Å². The van der Waals surface area contributed by atoms with Crippen LogP contribution in [0.25, 0.3) is 11.3 Å². The van der Waals surface area contributed by atoms with E-state index in [2.05, 4.69) is 17.2 Å². The molecular weight excluding hydrogens is 368 g/mol. The Morgan fingerprint density at radius 1 is 1.19 bits per heavy atom. The Morgan fingerprint density at radius 2 is 1.92 bits per heavy atom. The SMILES string of the molecule is CCCc1sc(NC(=O)c2ccccc2Cl)nc1-c1ccc(OC)cc1. The molecule has 0 saturated carbocycles. The third-order valence-electron chi connectivity index (χ3n) is 3.88. The highest BCUT2D eigenvalue weighted by molar-refractivity contribution is 7.16. The summed E-state index contributed by atoms with van der Waals surface area (Å²) in [5.41, 5.74) is 2.34. The lowest BCUT2D eigenvalue weighted by molar-refractivity contribution is 0.102. The molecule has 26 heavy (non-hydrogen) atoms. The number of benzene rings is 2. The van der Waals surface area contributed by atoms with Crippen LogP contribution in [0, 0.1) is 0 Å². The van der Waals surface area contributed by atoms with Crippen LogP contribution in [0.4, 0.5) is 5.13 Å². The van der Waals surface area contributed by atoms with E-state index in [0.29, 0.717) is 15.7 Å². The molecule has 0 aliphatic rings. The number of aryl methyl sites for hydroxylation is 1. The Hall–Kier alpha value is -2.37. The minimum atomic E-state index is -0.256. The zero-order valence-electron chi connectivity index (χ0n) is 14.6. The van der Waals surface area contributed by atoms with E-state index < -0.39 is 0 Å². The fourth-order valence-electron chi connectivity index (χ4n) is 2.59. The summed E-state index contributed by atoms with van der Waals surface area (Å²) in [7, 11) is 1.64. The van der Waals surface area contributed by atoms with Crippen molar-refractivity contribution in [2.75, 3.05) is 12.4 Å². The third kappa shape index (κ3) is 4.06. The first kappa shape index (κ1) is 18.4. The van der Waals surface area contributed by atoms with Crippen LogP contribution in [0.3, 0.4) is 0 Å². The van der Waals surface area contributed by atoms with Gasteiger partial charge in [-0.05, 0) is 42.8 Å². The second-order valence-electron chi connectivity index (χ2n) is 5.70. The number of rotatable bonds is 6. The summed E-state index contributed by atoms with van der Waals surface area (Å²) in [6, 6.07) is 14.8. The lowest BCUT2D eigenvalue weighted by atomic mass is 10.1. The fourth-order valence-corrected chi connectivity index (χ4v) is 3.89. The van der Waals surface area contributed by atoms with Gasteiger partial charge in [-0.1, -0.05) is 37.1 Å². The van der Waals surface area contributed by atoms with E-state index in [4.69, 9.17) is 16.3 Å². The highest BCUT2D eigenvalue weighted by Gasteiger charge is 2.16. The molecule has 4 nitrogen and oxygen atoms in total. The second-order valence-corrected chi connectivity index (χ2v) is 7.19. The minimum Gasteiger partial charge on any atom is -0.497 e. The molecule has 0 radical (unpaired) electrons. The molecule has 0 saturated heterocycles. The van der Waals surface area contributed by atoms with E-state index in [-0.39, 0.29) is 5.91 Å². The number of anilines is 1. The average molecular weight is 387 g/mol. The molecule has 1 N–H and O–H groups in total. The largest absolute Gasteiger partial charge is 0.497 e. The van der Waals surface area contributed by atoms with Crippen LogP contribution in [-0.4, -0.2) is 18.0 Å². The normalized spacial score (nSPS) is 10.6. The number of ether oxygens (including phenoxy) is 1. The number of hydrogen-bond donors (Lipinski definition) is 1. The summed E-state index contributed by atoms with van der Waals surface area (Å²) >= 11 is 7.61. The summed E-state index contributed by atoms with van der Waals surface area (Å²) in [5, 5.41) is 3.87. The van der Waals surface area contributed by atoms with Crippen molar-refractivity contribution in [2.45, 2.75) is 19.8 Å². The Morgan fingerprint density at radius 3 is 2.58 bits per heavy atom. The molecule has 0 bridgehead atoms. The summed E-state index contributed by atoms with van der Waals surface area (Å²) in [5.74, 6) is 0.543. The van der Waals surface area contributed by atoms with E-state index in [9.17, 15) is 4.79 Å². The van der Waals surface area contributed by atoms with Crippen LogP contribution in [-0.2, 0) is 6.42 Å². The van der Waals surface area contributed by atoms with Crippen molar-refractivity contribution in [3.05, 3.63) is 64.0 Å². The highest BCUT2D eigenvalue weighted by Crippen LogP contribution is 2.33. The van der Waals surface area contributed by atoms with Gasteiger partial charge in [-0.3, -0.25) is 10.1 Å². The number of aromatic nitrogens is 1. The number of halogens is 1. The Balaban J connectivity index is 1.89. The maximum absolute atomic E-state index is 12.5. The van der Waals surface area contributed by atoms with Gasteiger partial charge in [-0.2, -0.15) is 0 Å². The van der Waals surface area contributed by atoms with E-state index in [1.807, 2.05) is 24.3 Å². The second kappa shape index (κ2) is 8.34. The molecule has 134 valence electrons. The zero-order chi connectivity index (χ0) is 18.5. The van der Waals surface area contributed by atoms with Crippen LogP contribution in [0.15, 0.2) is 48.5 Å². The number of thiazole rings is 1. The molecule has 0 fully saturated rings. The van der Waals surface area contributed by atoms with Crippen LogP contribution >= 0.6 is 22.9 Å². The van der Waals surface area contributed by atoms with Crippen LogP contribution in [0.1, 0.15) is 28.6 Å². The zero-order valence-corrected chi connectivity index (χ0v) is 16.2. The van der Waals surface area contributed by atoms with E-state index in [0.717, 1.165) is 34.7 Å². The first-order valence-corrected chi connectivity index (χ1v) is 9.51. The van der Waals surface area contributed by atoms with Gasteiger partial charge in [-0.25, -0.2) is 4.98 Å². The molecule has 3 aromatic rings. The number of amides is 1. The maximum atomic E-state index is 12.5. The van der Waals surface area contributed by atoms with Gasteiger partial charge in [0.25, 0.3) is 5.91 Å². The number of hydrogen-bond acceptors (Lipinski definition) is 4. The van der Waals surface area contributed by atoms with Gasteiger partial charge >= 0.3 is 0 Å². The van der Waals surface area contributed by atoms with Crippen molar-refractivity contribution in [2.24, 2.45) is 0 Å². The molecular formula is C20H19ClN2O2S. The predicted octanol–water partition coefficient (Wildman–Crippen LogP) is 5.68. The lowest BCUT2D eigenvalue weighted by Crippen LogP contribution is -2.12. The monoisotopic (exact) mass is 386 g/mol. The van der Waals surface area contributed by atoms with Gasteiger partial charge < -0.3 is 4.74 Å². The van der Waals surface area contributed by atoms with Gasteiger partial charge in [0.05, 0.1) is 23.4 Å². The third-order valence-corrected chi connectivity index (χ3v) is 5.24. The van der Waals surface area contributed by atoms with E-state index >= 15 is 0 Å². The van der Waals surface area contributed by atoms with Crippen molar-refractivity contribution >= 4 is 34.0 Å². The number of nitrogens with zero attached hydrogens (tertiary/aromatic N) is 1. The number of carbonyl (C=O) groups excluding carboxylic acids is 1. The fraction of sp³-hybridized carbons (Fsp3) is 0.200. The summed E-state index contributed by atoms with van der Waals surface area (Å²) < 4.78 is 5.21. The van der Waals surface area contributed by atoms with Crippen LogP contribution < -0.4 is 10.1 Å². The smallest absolute Gasteiger partial charge is 0.258 e. The van der Waals surface area contributed by atoms with E-state index in [1.165, 1.54) is 11.3 Å². The molecule has 1 amide bonds. The molecule has 0 unspecified atom stereocenters. The molecule has 1 aromatic heterocycles. The van der Waals surface area contributed by atoms with Crippen molar-refractivity contribution in [1.82, 2.24) is 4.98 Å². The van der Waals surface area contributed by atoms with Crippen molar-refractivity contribution < 1.29 is 9.53 Å². The Bertz CT molecular complexity index is 906. The first-order chi connectivity index (χ1) is 12.6. The molecule has 0 aliphatic heterocycles. The summed E-state index contributed by atoms with van der Waals surface area (Å²) in [6.45, 7) is 2.12. The average Bonchev–Trinajstić information content (AvgIpc) is 3.04. The Labute approximate surface area is 161 Å². The van der Waals surface area contributed by atoms with Gasteiger partial charge in [0.1, 0.15) is 5.75 Å². The quantitative estimate of drug-likeness (QED) is 0.593. The van der Waals surface area contributed by atoms with Gasteiger partial charge in [0, 0.05) is 10.4 Å². The minimum absolute atomic E-state index is 0.256. The Kier molecular flexibility index (Phi) is 5.91. The molecule has 2 aromatic carbocycles. The molecule has 0 atom stereocenters. The van der Waals surface area contributed by atoms with Crippen molar-refractivity contribution in [3.63, 3.8) is 0 Å². The standard InChI is InChI=1S/C20H19ClN2O2S/c1-3-6-17-18(13-9-11-14(25-2)12-10-13)22-20(26-17)23-19(24)15-7-4-5-8-16(15)21/h4-5,7-12H,3,6H2,1-2H3,(H,22,23,24). The number of nitrogens with one attached hydrogen (secondary N) is 1. The van der Waals surface area contributed by atoms with Crippen LogP contribution in [0.5, 0.6) is 5.75 Å². The maximum Gasteiger partial charge on any atom is 0.258 e. The summed E-state index contributed by atoms with van der Waals surface area (Å²) in [4.78, 5) is 18.3. The topological polar surface area (TPSA) is 51.2 Å². The number of carbonyl (C=O) groups is 1. The van der Waals surface area contributed by atoms with Gasteiger partial charge in [-0.15, -0.1) is 11.3 Å². The molecule has 3 rings (SSSR count). The molecule has 1 heterocycles. The first-order valence-electron chi connectivity index (χ1n) is 8.32. The predicted molar refractivity (Wildman–Crippen MR) is 108 cm³/mol. The van der Waals surface area contributed by atoms with Crippen molar-refractivity contribution in [1.29, 1.82) is 0 Å². The van der Waals surface area contributed by atoms with Crippen LogP contribution in [0.2, 0.25) is 5.02 Å². The van der Waals surface area contributed by atoms with Gasteiger partial charge in [0.15, 0.2) is 5.13 Å². The van der Waals surface area contributed by atoms with E-state index in [1.54, 1.807) is 31.4 Å². The van der Waals surface area contributed by atoms with Gasteiger partial charge in [0.2, 0.25) is 0 Å². The molecule has 6 heteroatoms. The molecule has 0 aliphatic carbocycles. The molecule has 0 spiro atoms. The number of methoxy groups -OCH3 is 1. The lowest BCUT2D eigenvalue weighted by Gasteiger charge is -2.04. The highest BCUT2D eigenvalue weighted by atomic mass is 35.5.